The summed E-state index contributed by atoms with van der Waals surface area (Å²) in [5.41, 5.74) is 1.36. The van der Waals surface area contributed by atoms with Crippen molar-refractivity contribution in [2.45, 2.75) is 13.3 Å². The van der Waals surface area contributed by atoms with Crippen LogP contribution in [0.2, 0.25) is 0 Å². The fraction of sp³-hybridized carbons (Fsp3) is 0.381. The summed E-state index contributed by atoms with van der Waals surface area (Å²) < 4.78 is 11.9. The third-order valence-electron chi connectivity index (χ3n) is 4.72. The lowest BCUT2D eigenvalue weighted by Gasteiger charge is -2.36. The molecule has 1 N–H and O–H groups in total. The van der Waals surface area contributed by atoms with E-state index in [1.807, 2.05) is 24.0 Å². The number of nitrogens with zero attached hydrogens (tertiary/aromatic N) is 2. The average molecular weight is 449 g/mol. The highest BCUT2D eigenvalue weighted by Gasteiger charge is 2.25. The van der Waals surface area contributed by atoms with Crippen LogP contribution in [0.3, 0.4) is 0 Å². The van der Waals surface area contributed by atoms with Gasteiger partial charge in [0.1, 0.15) is 5.75 Å². The van der Waals surface area contributed by atoms with Gasteiger partial charge in [0, 0.05) is 31.7 Å². The van der Waals surface area contributed by atoms with Crippen LogP contribution < -0.4 is 14.4 Å². The molecular formula is C21H25BrN2O4. The van der Waals surface area contributed by atoms with Gasteiger partial charge >= 0.3 is 0 Å². The fourth-order valence-electron chi connectivity index (χ4n) is 3.25. The van der Waals surface area contributed by atoms with E-state index in [4.69, 9.17) is 9.47 Å². The molecule has 1 aliphatic heterocycles. The Labute approximate surface area is 173 Å². The lowest BCUT2D eigenvalue weighted by atomic mass is 10.1. The summed E-state index contributed by atoms with van der Waals surface area (Å²) in [7, 11) is 1.57. The molecule has 0 spiro atoms. The average Bonchev–Trinajstić information content (AvgIpc) is 2.72. The second kappa shape index (κ2) is 9.19. The highest BCUT2D eigenvalue weighted by Crippen LogP contribution is 2.37. The van der Waals surface area contributed by atoms with Gasteiger partial charge in [0.15, 0.2) is 11.5 Å². The third-order valence-corrected chi connectivity index (χ3v) is 5.31. The van der Waals surface area contributed by atoms with Gasteiger partial charge in [0.25, 0.3) is 5.91 Å². The van der Waals surface area contributed by atoms with E-state index in [0.717, 1.165) is 12.1 Å². The molecule has 0 aliphatic carbocycles. The number of phenolic OH excluding ortho intramolecular Hbond substituents is 1. The van der Waals surface area contributed by atoms with Gasteiger partial charge in [-0.2, -0.15) is 0 Å². The van der Waals surface area contributed by atoms with Crippen LogP contribution in [-0.2, 0) is 0 Å². The first-order valence-electron chi connectivity index (χ1n) is 9.37. The molecule has 3 rings (SSSR count). The molecule has 2 aromatic carbocycles. The molecule has 7 heteroatoms. The molecule has 0 saturated carbocycles. The molecule has 0 radical (unpaired) electrons. The zero-order chi connectivity index (χ0) is 20.1. The number of hydrogen-bond donors (Lipinski definition) is 1. The molecule has 0 unspecified atom stereocenters. The standard InChI is InChI=1S/C21H25BrN2O4/c1-3-12-28-20-16(22)13-15(14-19(20)27-2)21(26)24-10-8-23(9-11-24)17-6-4-5-7-18(17)25/h4-7,13-14,25H,3,8-12H2,1-2H3. The van der Waals surface area contributed by atoms with Crippen LogP contribution in [-0.4, -0.2) is 55.8 Å². The number of piperazine rings is 1. The van der Waals surface area contributed by atoms with E-state index in [0.29, 0.717) is 54.3 Å². The van der Waals surface area contributed by atoms with E-state index in [1.54, 1.807) is 31.4 Å². The zero-order valence-electron chi connectivity index (χ0n) is 16.2. The first-order valence-corrected chi connectivity index (χ1v) is 10.2. The van der Waals surface area contributed by atoms with Crippen LogP contribution in [0.5, 0.6) is 17.2 Å². The second-order valence-electron chi connectivity index (χ2n) is 6.61. The Morgan fingerprint density at radius 1 is 1.18 bits per heavy atom. The first-order chi connectivity index (χ1) is 13.5. The maximum atomic E-state index is 13.0. The SMILES string of the molecule is CCCOc1c(Br)cc(C(=O)N2CCN(c3ccccc3O)CC2)cc1OC. The number of para-hydroxylation sites is 2. The Morgan fingerprint density at radius 3 is 2.54 bits per heavy atom. The summed E-state index contributed by atoms with van der Waals surface area (Å²) >= 11 is 3.50. The van der Waals surface area contributed by atoms with Gasteiger partial charge in [-0.05, 0) is 46.6 Å². The Bertz CT molecular complexity index is 835. The summed E-state index contributed by atoms with van der Waals surface area (Å²) in [4.78, 5) is 16.9. The van der Waals surface area contributed by atoms with E-state index in [9.17, 15) is 9.90 Å². The first kappa shape index (κ1) is 20.3. The van der Waals surface area contributed by atoms with Crippen molar-refractivity contribution >= 4 is 27.5 Å². The van der Waals surface area contributed by atoms with Crippen molar-refractivity contribution in [3.8, 4) is 17.2 Å². The molecule has 2 aromatic rings. The van der Waals surface area contributed by atoms with Crippen molar-refractivity contribution in [1.29, 1.82) is 0 Å². The lowest BCUT2D eigenvalue weighted by Crippen LogP contribution is -2.48. The molecule has 0 atom stereocenters. The molecule has 150 valence electrons. The van der Waals surface area contributed by atoms with Crippen LogP contribution in [0.4, 0.5) is 5.69 Å². The minimum atomic E-state index is -0.0435. The number of phenols is 1. The topological polar surface area (TPSA) is 62.2 Å². The summed E-state index contributed by atoms with van der Waals surface area (Å²) in [6, 6.07) is 10.8. The maximum absolute atomic E-state index is 13.0. The fourth-order valence-corrected chi connectivity index (χ4v) is 3.81. The molecule has 1 amide bonds. The van der Waals surface area contributed by atoms with Gasteiger partial charge in [0.2, 0.25) is 0 Å². The largest absolute Gasteiger partial charge is 0.506 e. The number of methoxy groups -OCH3 is 1. The van der Waals surface area contributed by atoms with Crippen LogP contribution >= 0.6 is 15.9 Å². The molecule has 0 bridgehead atoms. The zero-order valence-corrected chi connectivity index (χ0v) is 17.7. The maximum Gasteiger partial charge on any atom is 0.254 e. The molecular weight excluding hydrogens is 424 g/mol. The molecule has 1 heterocycles. The second-order valence-corrected chi connectivity index (χ2v) is 7.46. The van der Waals surface area contributed by atoms with E-state index in [1.165, 1.54) is 0 Å². The van der Waals surface area contributed by atoms with Gasteiger partial charge in [-0.3, -0.25) is 4.79 Å². The van der Waals surface area contributed by atoms with Crippen molar-refractivity contribution < 1.29 is 19.4 Å². The van der Waals surface area contributed by atoms with Crippen molar-refractivity contribution in [3.05, 3.63) is 46.4 Å². The number of halogens is 1. The highest BCUT2D eigenvalue weighted by molar-refractivity contribution is 9.10. The number of rotatable bonds is 6. The summed E-state index contributed by atoms with van der Waals surface area (Å²) in [6.45, 7) is 5.12. The number of ether oxygens (including phenoxy) is 2. The number of carbonyl (C=O) groups excluding carboxylic acids is 1. The van der Waals surface area contributed by atoms with E-state index >= 15 is 0 Å². The van der Waals surface area contributed by atoms with E-state index in [-0.39, 0.29) is 11.7 Å². The molecule has 6 nitrogen and oxygen atoms in total. The Hall–Kier alpha value is -2.41. The van der Waals surface area contributed by atoms with E-state index < -0.39 is 0 Å². The molecule has 28 heavy (non-hydrogen) atoms. The third kappa shape index (κ3) is 4.35. The molecule has 1 aliphatic rings. The van der Waals surface area contributed by atoms with Crippen molar-refractivity contribution in [3.63, 3.8) is 0 Å². The summed E-state index contributed by atoms with van der Waals surface area (Å²) in [5.74, 6) is 1.38. The normalized spacial score (nSPS) is 14.1. The predicted octanol–water partition coefficient (Wildman–Crippen LogP) is 3.91. The predicted molar refractivity (Wildman–Crippen MR) is 113 cm³/mol. The Kier molecular flexibility index (Phi) is 6.67. The quantitative estimate of drug-likeness (QED) is 0.725. The number of aromatic hydroxyl groups is 1. The van der Waals surface area contributed by atoms with Crippen LogP contribution in [0.15, 0.2) is 40.9 Å². The minimum Gasteiger partial charge on any atom is -0.506 e. The lowest BCUT2D eigenvalue weighted by molar-refractivity contribution is 0.0746. The monoisotopic (exact) mass is 448 g/mol. The van der Waals surface area contributed by atoms with Crippen molar-refractivity contribution in [1.82, 2.24) is 4.90 Å². The molecule has 0 aromatic heterocycles. The van der Waals surface area contributed by atoms with Crippen LogP contribution in [0.1, 0.15) is 23.7 Å². The number of hydrogen-bond acceptors (Lipinski definition) is 5. The number of carbonyl (C=O) groups is 1. The smallest absolute Gasteiger partial charge is 0.254 e. The highest BCUT2D eigenvalue weighted by atomic mass is 79.9. The van der Waals surface area contributed by atoms with Crippen molar-refractivity contribution in [2.24, 2.45) is 0 Å². The summed E-state index contributed by atoms with van der Waals surface area (Å²) in [6.07, 6.45) is 0.886. The van der Waals surface area contributed by atoms with Crippen LogP contribution in [0.25, 0.3) is 0 Å². The molecule has 1 fully saturated rings. The molecule has 1 saturated heterocycles. The van der Waals surface area contributed by atoms with Gasteiger partial charge in [-0.15, -0.1) is 0 Å². The minimum absolute atomic E-state index is 0.0435. The number of anilines is 1. The summed E-state index contributed by atoms with van der Waals surface area (Å²) in [5, 5.41) is 10.0. The van der Waals surface area contributed by atoms with Gasteiger partial charge in [-0.1, -0.05) is 19.1 Å². The number of benzene rings is 2. The van der Waals surface area contributed by atoms with E-state index in [2.05, 4.69) is 20.8 Å². The Balaban J connectivity index is 1.71. The van der Waals surface area contributed by atoms with Gasteiger partial charge in [0.05, 0.1) is 23.9 Å². The Morgan fingerprint density at radius 2 is 1.89 bits per heavy atom. The number of amides is 1. The van der Waals surface area contributed by atoms with Crippen molar-refractivity contribution in [2.75, 3.05) is 44.8 Å². The van der Waals surface area contributed by atoms with Crippen LogP contribution in [0, 0.1) is 0 Å². The van der Waals surface area contributed by atoms with Gasteiger partial charge < -0.3 is 24.4 Å². The van der Waals surface area contributed by atoms with Gasteiger partial charge in [-0.25, -0.2) is 0 Å².